The quantitative estimate of drug-likeness (QED) is 0.685. The van der Waals surface area contributed by atoms with Gasteiger partial charge in [-0.3, -0.25) is 4.79 Å². The van der Waals surface area contributed by atoms with Crippen molar-refractivity contribution in [1.29, 1.82) is 0 Å². The number of hydrogen-bond acceptors (Lipinski definition) is 3. The predicted molar refractivity (Wildman–Crippen MR) is 51.6 cm³/mol. The Morgan fingerprint density at radius 1 is 1.57 bits per heavy atom. The topological polar surface area (TPSA) is 46.5 Å². The van der Waals surface area contributed by atoms with Crippen LogP contribution in [0.25, 0.3) is 0 Å². The van der Waals surface area contributed by atoms with E-state index in [1.807, 2.05) is 13.0 Å². The van der Waals surface area contributed by atoms with Crippen molar-refractivity contribution in [2.24, 2.45) is 0 Å². The molecule has 1 aliphatic heterocycles. The number of ether oxygens (including phenoxy) is 1. The summed E-state index contributed by atoms with van der Waals surface area (Å²) in [6.07, 6.45) is 3.21. The van der Waals surface area contributed by atoms with E-state index >= 15 is 0 Å². The molecule has 0 aromatic carbocycles. The minimum Gasteiger partial charge on any atom is -0.364 e. The average molecular weight is 194 g/mol. The molecule has 76 valence electrons. The molecule has 3 heteroatoms. The molecular weight excluding hydrogens is 180 g/mol. The number of hydrogen-bond donors (Lipinski definition) is 1. The lowest BCUT2D eigenvalue weighted by atomic mass is 9.98. The first-order valence-corrected chi connectivity index (χ1v) is 4.99. The van der Waals surface area contributed by atoms with Gasteiger partial charge in [-0.2, -0.15) is 0 Å². The van der Waals surface area contributed by atoms with Crippen LogP contribution in [0.4, 0.5) is 0 Å². The van der Waals surface area contributed by atoms with Crippen molar-refractivity contribution < 1.29 is 14.6 Å². The fourth-order valence-electron chi connectivity index (χ4n) is 2.06. The second-order valence-corrected chi connectivity index (χ2v) is 3.62. The van der Waals surface area contributed by atoms with Gasteiger partial charge in [0.1, 0.15) is 0 Å². The van der Waals surface area contributed by atoms with E-state index in [0.717, 1.165) is 23.1 Å². The minimum atomic E-state index is -0.856. The zero-order valence-electron chi connectivity index (χ0n) is 8.25. The predicted octanol–water partition coefficient (Wildman–Crippen LogP) is 1.33. The highest BCUT2D eigenvalue weighted by Gasteiger charge is 2.33. The number of carbonyl (C=O) groups is 1. The van der Waals surface area contributed by atoms with Gasteiger partial charge in [-0.15, -0.1) is 0 Å². The van der Waals surface area contributed by atoms with Gasteiger partial charge in [0.25, 0.3) is 0 Å². The maximum absolute atomic E-state index is 11.6. The summed E-state index contributed by atoms with van der Waals surface area (Å²) in [6, 6.07) is 0. The van der Waals surface area contributed by atoms with E-state index < -0.39 is 6.29 Å². The van der Waals surface area contributed by atoms with Crippen LogP contribution >= 0.6 is 0 Å². The average Bonchev–Trinajstić information content (AvgIpc) is 2.55. The van der Waals surface area contributed by atoms with E-state index in [4.69, 9.17) is 4.74 Å². The first-order valence-electron chi connectivity index (χ1n) is 4.99. The van der Waals surface area contributed by atoms with Crippen molar-refractivity contribution in [1.82, 2.24) is 0 Å². The SMILES string of the molecule is CCC=C1COC(O)C2=C1C(=O)CC2. The Morgan fingerprint density at radius 2 is 2.36 bits per heavy atom. The van der Waals surface area contributed by atoms with Crippen LogP contribution < -0.4 is 0 Å². The summed E-state index contributed by atoms with van der Waals surface area (Å²) in [7, 11) is 0. The molecule has 1 heterocycles. The van der Waals surface area contributed by atoms with Gasteiger partial charge in [0.05, 0.1) is 6.61 Å². The fraction of sp³-hybridized carbons (Fsp3) is 0.545. The van der Waals surface area contributed by atoms with Crippen LogP contribution in [0.1, 0.15) is 26.2 Å². The number of Topliss-reactive ketones (excluding diaryl/α,β-unsaturated/α-hetero) is 1. The minimum absolute atomic E-state index is 0.155. The van der Waals surface area contributed by atoms with Crippen molar-refractivity contribution in [2.45, 2.75) is 32.5 Å². The maximum Gasteiger partial charge on any atom is 0.178 e. The van der Waals surface area contributed by atoms with E-state index in [1.54, 1.807) is 0 Å². The van der Waals surface area contributed by atoms with Gasteiger partial charge in [-0.05, 0) is 24.0 Å². The Kier molecular flexibility index (Phi) is 2.52. The number of carbonyl (C=O) groups excluding carboxylic acids is 1. The molecule has 0 spiro atoms. The molecular formula is C11H14O3. The zero-order valence-corrected chi connectivity index (χ0v) is 8.25. The third-order valence-electron chi connectivity index (χ3n) is 2.69. The van der Waals surface area contributed by atoms with Crippen molar-refractivity contribution in [3.05, 3.63) is 22.8 Å². The molecule has 1 aliphatic carbocycles. The highest BCUT2D eigenvalue weighted by atomic mass is 16.6. The fourth-order valence-corrected chi connectivity index (χ4v) is 2.06. The third kappa shape index (κ3) is 1.42. The van der Waals surface area contributed by atoms with Crippen LogP contribution in [0, 0.1) is 0 Å². The van der Waals surface area contributed by atoms with Crippen LogP contribution in [-0.4, -0.2) is 23.8 Å². The number of rotatable bonds is 1. The first kappa shape index (κ1) is 9.62. The number of aliphatic hydroxyl groups excluding tert-OH is 1. The molecule has 0 radical (unpaired) electrons. The molecule has 3 nitrogen and oxygen atoms in total. The van der Waals surface area contributed by atoms with Crippen LogP contribution in [0.2, 0.25) is 0 Å². The summed E-state index contributed by atoms with van der Waals surface area (Å²) < 4.78 is 5.18. The summed E-state index contributed by atoms with van der Waals surface area (Å²) in [5.74, 6) is 0.155. The molecule has 0 amide bonds. The highest BCUT2D eigenvalue weighted by molar-refractivity contribution is 6.03. The lowest BCUT2D eigenvalue weighted by molar-refractivity contribution is -0.115. The Bertz CT molecular complexity index is 325. The number of aliphatic hydroxyl groups is 1. The van der Waals surface area contributed by atoms with E-state index in [-0.39, 0.29) is 5.78 Å². The Labute approximate surface area is 83.1 Å². The van der Waals surface area contributed by atoms with Crippen LogP contribution in [0.3, 0.4) is 0 Å². The summed E-state index contributed by atoms with van der Waals surface area (Å²) in [4.78, 5) is 11.6. The summed E-state index contributed by atoms with van der Waals surface area (Å²) in [5, 5.41) is 9.52. The van der Waals surface area contributed by atoms with Crippen LogP contribution in [-0.2, 0) is 9.53 Å². The summed E-state index contributed by atoms with van der Waals surface area (Å²) >= 11 is 0. The molecule has 0 saturated carbocycles. The lowest BCUT2D eigenvalue weighted by Gasteiger charge is -2.22. The third-order valence-corrected chi connectivity index (χ3v) is 2.69. The van der Waals surface area contributed by atoms with Crippen molar-refractivity contribution in [2.75, 3.05) is 6.61 Å². The number of allylic oxidation sites excluding steroid dienone is 1. The van der Waals surface area contributed by atoms with Crippen molar-refractivity contribution in [3.63, 3.8) is 0 Å². The van der Waals surface area contributed by atoms with Gasteiger partial charge in [-0.1, -0.05) is 13.0 Å². The summed E-state index contributed by atoms with van der Waals surface area (Å²) in [5.41, 5.74) is 2.47. The van der Waals surface area contributed by atoms with E-state index in [1.165, 1.54) is 0 Å². The highest BCUT2D eigenvalue weighted by Crippen LogP contribution is 2.34. The van der Waals surface area contributed by atoms with Crippen LogP contribution in [0.15, 0.2) is 22.8 Å². The van der Waals surface area contributed by atoms with E-state index in [9.17, 15) is 9.90 Å². The van der Waals surface area contributed by atoms with Gasteiger partial charge in [0.2, 0.25) is 0 Å². The number of ketones is 1. The molecule has 1 atom stereocenters. The smallest absolute Gasteiger partial charge is 0.178 e. The monoisotopic (exact) mass is 194 g/mol. The molecule has 14 heavy (non-hydrogen) atoms. The van der Waals surface area contributed by atoms with E-state index in [2.05, 4.69) is 0 Å². The lowest BCUT2D eigenvalue weighted by Crippen LogP contribution is -2.23. The molecule has 0 fully saturated rings. The standard InChI is InChI=1S/C11H14O3/c1-2-3-7-6-14-11(13)8-4-5-9(12)10(7)8/h3,11,13H,2,4-6H2,1H3. The van der Waals surface area contributed by atoms with Gasteiger partial charge < -0.3 is 9.84 Å². The first-order chi connectivity index (χ1) is 6.74. The molecule has 0 aromatic heterocycles. The maximum atomic E-state index is 11.6. The Hall–Kier alpha value is -0.930. The normalized spacial score (nSPS) is 30.0. The van der Waals surface area contributed by atoms with Gasteiger partial charge in [0.15, 0.2) is 12.1 Å². The molecule has 0 aromatic rings. The second kappa shape index (κ2) is 3.67. The molecule has 1 unspecified atom stereocenters. The van der Waals surface area contributed by atoms with Gasteiger partial charge >= 0.3 is 0 Å². The second-order valence-electron chi connectivity index (χ2n) is 3.62. The molecule has 1 N–H and O–H groups in total. The largest absolute Gasteiger partial charge is 0.364 e. The Balaban J connectivity index is 2.41. The molecule has 0 bridgehead atoms. The Morgan fingerprint density at radius 3 is 3.07 bits per heavy atom. The van der Waals surface area contributed by atoms with E-state index in [0.29, 0.717) is 19.4 Å². The zero-order chi connectivity index (χ0) is 10.1. The van der Waals surface area contributed by atoms with Gasteiger partial charge in [0, 0.05) is 12.0 Å². The van der Waals surface area contributed by atoms with Gasteiger partial charge in [-0.25, -0.2) is 0 Å². The molecule has 2 rings (SSSR count). The molecule has 2 aliphatic rings. The molecule has 0 saturated heterocycles. The van der Waals surface area contributed by atoms with Crippen LogP contribution in [0.5, 0.6) is 0 Å². The van der Waals surface area contributed by atoms with Crippen molar-refractivity contribution >= 4 is 5.78 Å². The summed E-state index contributed by atoms with van der Waals surface area (Å²) in [6.45, 7) is 2.39. The van der Waals surface area contributed by atoms with Crippen molar-refractivity contribution in [3.8, 4) is 0 Å².